The normalized spacial score (nSPS) is 13.8. The Bertz CT molecular complexity index is 801. The van der Waals surface area contributed by atoms with Crippen LogP contribution in [0.5, 0.6) is 11.5 Å². The maximum atomic E-state index is 13.0. The number of ketones is 1. The lowest BCUT2D eigenvalue weighted by Crippen LogP contribution is -2.13. The molecule has 0 atom stereocenters. The summed E-state index contributed by atoms with van der Waals surface area (Å²) in [7, 11) is 3.09. The van der Waals surface area contributed by atoms with E-state index in [9.17, 15) is 9.90 Å². The molecule has 0 saturated heterocycles. The molecule has 2 aromatic carbocycles. The van der Waals surface area contributed by atoms with Crippen molar-refractivity contribution in [1.82, 2.24) is 0 Å². The largest absolute Gasteiger partial charge is 0.507 e. The third kappa shape index (κ3) is 3.12. The molecule has 0 unspecified atom stereocenters. The van der Waals surface area contributed by atoms with Crippen LogP contribution in [0.2, 0.25) is 0 Å². The number of hydrogen-bond donors (Lipinski definition) is 1. The van der Waals surface area contributed by atoms with Crippen molar-refractivity contribution in [2.45, 2.75) is 25.2 Å². The summed E-state index contributed by atoms with van der Waals surface area (Å²) in [6.07, 6.45) is 3.36. The molecule has 0 aromatic heterocycles. The molecule has 4 nitrogen and oxygen atoms in total. The summed E-state index contributed by atoms with van der Waals surface area (Å²) in [4.78, 5) is 13.0. The van der Waals surface area contributed by atoms with E-state index in [1.807, 2.05) is 6.07 Å². The van der Waals surface area contributed by atoms with E-state index < -0.39 is 0 Å². The molecule has 25 heavy (non-hydrogen) atoms. The first-order valence-electron chi connectivity index (χ1n) is 8.34. The van der Waals surface area contributed by atoms with E-state index in [2.05, 4.69) is 6.58 Å². The first-order chi connectivity index (χ1) is 12.1. The van der Waals surface area contributed by atoms with Crippen LogP contribution in [0.3, 0.4) is 0 Å². The van der Waals surface area contributed by atoms with Gasteiger partial charge in [0.2, 0.25) is 5.78 Å². The number of phenolic OH excluding ortho intramolecular Hbond substituents is 1. The van der Waals surface area contributed by atoms with Crippen LogP contribution in [0.25, 0.3) is 5.76 Å². The average molecular weight is 338 g/mol. The molecule has 1 fully saturated rings. The van der Waals surface area contributed by atoms with Crippen LogP contribution in [-0.4, -0.2) is 25.1 Å². The molecule has 1 aliphatic rings. The SMILES string of the molecule is C=C(OC)c1ccc(C(=O)c2c(O)ccc(C3CCC3)c2OC)cc1. The predicted octanol–water partition coefficient (Wildman–Crippen LogP) is 4.52. The van der Waals surface area contributed by atoms with Gasteiger partial charge in [-0.05, 0) is 30.4 Å². The Hall–Kier alpha value is -2.75. The Labute approximate surface area is 147 Å². The number of carbonyl (C=O) groups excluding carboxylic acids is 1. The van der Waals surface area contributed by atoms with Gasteiger partial charge in [-0.3, -0.25) is 4.79 Å². The molecular formula is C21H22O4. The highest BCUT2D eigenvalue weighted by Crippen LogP contribution is 2.44. The van der Waals surface area contributed by atoms with Crippen LogP contribution in [-0.2, 0) is 4.74 Å². The van der Waals surface area contributed by atoms with E-state index in [4.69, 9.17) is 9.47 Å². The second-order valence-corrected chi connectivity index (χ2v) is 6.24. The molecule has 2 aromatic rings. The molecule has 1 saturated carbocycles. The van der Waals surface area contributed by atoms with E-state index in [0.29, 0.717) is 23.0 Å². The van der Waals surface area contributed by atoms with E-state index in [1.54, 1.807) is 44.6 Å². The van der Waals surface area contributed by atoms with Crippen LogP contribution in [0, 0.1) is 0 Å². The number of phenols is 1. The molecule has 0 amide bonds. The zero-order valence-corrected chi connectivity index (χ0v) is 14.5. The number of aromatic hydroxyl groups is 1. The molecule has 1 N–H and O–H groups in total. The van der Waals surface area contributed by atoms with E-state index in [-0.39, 0.29) is 17.1 Å². The van der Waals surface area contributed by atoms with Gasteiger partial charge in [0.05, 0.1) is 14.2 Å². The van der Waals surface area contributed by atoms with E-state index >= 15 is 0 Å². The summed E-state index contributed by atoms with van der Waals surface area (Å²) in [6.45, 7) is 3.80. The van der Waals surface area contributed by atoms with Gasteiger partial charge in [-0.25, -0.2) is 0 Å². The maximum Gasteiger partial charge on any atom is 0.200 e. The second kappa shape index (κ2) is 7.01. The van der Waals surface area contributed by atoms with Crippen molar-refractivity contribution in [2.75, 3.05) is 14.2 Å². The van der Waals surface area contributed by atoms with Gasteiger partial charge < -0.3 is 14.6 Å². The van der Waals surface area contributed by atoms with Crippen LogP contribution in [0.4, 0.5) is 0 Å². The fourth-order valence-electron chi connectivity index (χ4n) is 3.14. The van der Waals surface area contributed by atoms with Crippen molar-refractivity contribution < 1.29 is 19.4 Å². The quantitative estimate of drug-likeness (QED) is 0.622. The Morgan fingerprint density at radius 2 is 1.72 bits per heavy atom. The molecule has 0 radical (unpaired) electrons. The highest BCUT2D eigenvalue weighted by molar-refractivity contribution is 6.12. The lowest BCUT2D eigenvalue weighted by molar-refractivity contribution is 0.103. The van der Waals surface area contributed by atoms with E-state index in [0.717, 1.165) is 24.0 Å². The standard InChI is InChI=1S/C21H22O4/c1-13(24-2)14-7-9-16(10-8-14)20(23)19-18(22)12-11-17(21(19)25-3)15-5-4-6-15/h7-12,15,22H,1,4-6H2,2-3H3. The third-order valence-corrected chi connectivity index (χ3v) is 4.86. The fraction of sp³-hybridized carbons (Fsp3) is 0.286. The van der Waals surface area contributed by atoms with Crippen molar-refractivity contribution >= 4 is 11.5 Å². The number of benzene rings is 2. The summed E-state index contributed by atoms with van der Waals surface area (Å²) < 4.78 is 10.6. The molecule has 0 spiro atoms. The summed E-state index contributed by atoms with van der Waals surface area (Å²) in [5.41, 5.74) is 2.51. The van der Waals surface area contributed by atoms with Gasteiger partial charge in [0.25, 0.3) is 0 Å². The number of methoxy groups -OCH3 is 2. The minimum Gasteiger partial charge on any atom is -0.507 e. The average Bonchev–Trinajstić information content (AvgIpc) is 2.60. The molecule has 0 aliphatic heterocycles. The Balaban J connectivity index is 2.00. The van der Waals surface area contributed by atoms with Crippen LogP contribution >= 0.6 is 0 Å². The lowest BCUT2D eigenvalue weighted by Gasteiger charge is -2.28. The lowest BCUT2D eigenvalue weighted by atomic mass is 9.78. The zero-order chi connectivity index (χ0) is 18.0. The second-order valence-electron chi connectivity index (χ2n) is 6.24. The number of rotatable bonds is 6. The van der Waals surface area contributed by atoms with Gasteiger partial charge in [0.15, 0.2) is 0 Å². The molecule has 4 heteroatoms. The van der Waals surface area contributed by atoms with Crippen LogP contribution < -0.4 is 4.74 Å². The van der Waals surface area contributed by atoms with Gasteiger partial charge in [0.1, 0.15) is 22.8 Å². The van der Waals surface area contributed by atoms with Gasteiger partial charge >= 0.3 is 0 Å². The molecule has 3 rings (SSSR count). The van der Waals surface area contributed by atoms with Gasteiger partial charge in [-0.1, -0.05) is 43.3 Å². The van der Waals surface area contributed by atoms with Crippen molar-refractivity contribution in [3.8, 4) is 11.5 Å². The Morgan fingerprint density at radius 3 is 2.24 bits per heavy atom. The molecular weight excluding hydrogens is 316 g/mol. The van der Waals surface area contributed by atoms with Gasteiger partial charge in [-0.15, -0.1) is 0 Å². The fourth-order valence-corrected chi connectivity index (χ4v) is 3.14. The molecule has 130 valence electrons. The third-order valence-electron chi connectivity index (χ3n) is 4.86. The summed E-state index contributed by atoms with van der Waals surface area (Å²) in [5, 5.41) is 10.3. The van der Waals surface area contributed by atoms with Crippen molar-refractivity contribution in [1.29, 1.82) is 0 Å². The van der Waals surface area contributed by atoms with Crippen molar-refractivity contribution in [2.24, 2.45) is 0 Å². The van der Waals surface area contributed by atoms with E-state index in [1.165, 1.54) is 6.42 Å². The van der Waals surface area contributed by atoms with Gasteiger partial charge in [-0.2, -0.15) is 0 Å². The van der Waals surface area contributed by atoms with Crippen LogP contribution in [0.15, 0.2) is 43.0 Å². The molecule has 0 bridgehead atoms. The summed E-state index contributed by atoms with van der Waals surface area (Å²) in [5.74, 6) is 1.10. The maximum absolute atomic E-state index is 13.0. The summed E-state index contributed by atoms with van der Waals surface area (Å²) >= 11 is 0. The van der Waals surface area contributed by atoms with Crippen molar-refractivity contribution in [3.05, 3.63) is 65.2 Å². The van der Waals surface area contributed by atoms with Crippen LogP contribution in [0.1, 0.15) is 52.2 Å². The zero-order valence-electron chi connectivity index (χ0n) is 14.5. The minimum absolute atomic E-state index is 0.0599. The monoisotopic (exact) mass is 338 g/mol. The minimum atomic E-state index is -0.259. The summed E-state index contributed by atoms with van der Waals surface area (Å²) in [6, 6.07) is 10.4. The Kier molecular flexibility index (Phi) is 4.79. The molecule has 0 heterocycles. The Morgan fingerprint density at radius 1 is 1.08 bits per heavy atom. The highest BCUT2D eigenvalue weighted by atomic mass is 16.5. The first kappa shape index (κ1) is 17.1. The first-order valence-corrected chi connectivity index (χ1v) is 8.34. The smallest absolute Gasteiger partial charge is 0.200 e. The number of hydrogen-bond acceptors (Lipinski definition) is 4. The van der Waals surface area contributed by atoms with Gasteiger partial charge in [0, 0.05) is 11.1 Å². The number of ether oxygens (including phenoxy) is 2. The molecule has 1 aliphatic carbocycles. The topological polar surface area (TPSA) is 55.8 Å². The van der Waals surface area contributed by atoms with Crippen molar-refractivity contribution in [3.63, 3.8) is 0 Å². The highest BCUT2D eigenvalue weighted by Gasteiger charge is 2.28. The predicted molar refractivity (Wildman–Crippen MR) is 97.2 cm³/mol. The number of carbonyl (C=O) groups is 1.